The molecule has 1 aliphatic heterocycles. The van der Waals surface area contributed by atoms with Crippen molar-refractivity contribution in [3.05, 3.63) is 35.4 Å². The minimum Gasteiger partial charge on any atom is -0.349 e. The maximum atomic E-state index is 12.3. The van der Waals surface area contributed by atoms with Gasteiger partial charge in [0.15, 0.2) is 0 Å². The number of nitrogens with one attached hydrogen (secondary N) is 2. The van der Waals surface area contributed by atoms with E-state index in [1.165, 1.54) is 11.1 Å². The number of carbonyl (C=O) groups is 1. The molecule has 0 unspecified atom stereocenters. The molecule has 1 aliphatic carbocycles. The quantitative estimate of drug-likeness (QED) is 0.887. The van der Waals surface area contributed by atoms with E-state index in [9.17, 15) is 4.79 Å². The van der Waals surface area contributed by atoms with E-state index < -0.39 is 0 Å². The average molecular weight is 272 g/mol. The zero-order valence-corrected chi connectivity index (χ0v) is 12.2. The van der Waals surface area contributed by atoms with Gasteiger partial charge in [-0.1, -0.05) is 31.2 Å². The third kappa shape index (κ3) is 2.88. The molecule has 0 aromatic heterocycles. The highest BCUT2D eigenvalue weighted by molar-refractivity contribution is 5.77. The van der Waals surface area contributed by atoms with E-state index in [4.69, 9.17) is 0 Å². The molecule has 1 aromatic carbocycles. The Balaban J connectivity index is 1.61. The van der Waals surface area contributed by atoms with Crippen molar-refractivity contribution >= 4 is 5.91 Å². The first-order valence-electron chi connectivity index (χ1n) is 7.82. The van der Waals surface area contributed by atoms with Gasteiger partial charge < -0.3 is 10.6 Å². The molecule has 108 valence electrons. The van der Waals surface area contributed by atoms with Crippen LogP contribution in [0.3, 0.4) is 0 Å². The second-order valence-corrected chi connectivity index (χ2v) is 6.32. The van der Waals surface area contributed by atoms with Crippen molar-refractivity contribution in [2.24, 2.45) is 11.8 Å². The van der Waals surface area contributed by atoms with Crippen LogP contribution in [0.25, 0.3) is 0 Å². The van der Waals surface area contributed by atoms with Gasteiger partial charge in [0.25, 0.3) is 0 Å². The van der Waals surface area contributed by atoms with Crippen LogP contribution in [-0.4, -0.2) is 19.0 Å². The lowest BCUT2D eigenvalue weighted by molar-refractivity contribution is -0.123. The fourth-order valence-corrected chi connectivity index (χ4v) is 3.60. The smallest absolute Gasteiger partial charge is 0.220 e. The summed E-state index contributed by atoms with van der Waals surface area (Å²) in [6, 6.07) is 8.72. The SMILES string of the molecule is C[C@@H]1Cc2ccccc2[C@@H]1NC(=O)CC1CCNCC1. The predicted octanol–water partition coefficient (Wildman–Crippen LogP) is 2.43. The molecular weight excluding hydrogens is 248 g/mol. The Kier molecular flexibility index (Phi) is 4.06. The van der Waals surface area contributed by atoms with E-state index in [1.807, 2.05) is 0 Å². The van der Waals surface area contributed by atoms with Crippen LogP contribution in [0.4, 0.5) is 0 Å². The topological polar surface area (TPSA) is 41.1 Å². The average Bonchev–Trinajstić information content (AvgIpc) is 2.76. The minimum atomic E-state index is 0.209. The Bertz CT molecular complexity index is 480. The summed E-state index contributed by atoms with van der Waals surface area (Å²) in [6.07, 6.45) is 4.02. The molecule has 3 rings (SSSR count). The van der Waals surface area contributed by atoms with Gasteiger partial charge >= 0.3 is 0 Å². The van der Waals surface area contributed by atoms with Crippen molar-refractivity contribution in [1.82, 2.24) is 10.6 Å². The summed E-state index contributed by atoms with van der Waals surface area (Å²) >= 11 is 0. The maximum absolute atomic E-state index is 12.3. The van der Waals surface area contributed by atoms with Crippen molar-refractivity contribution in [2.75, 3.05) is 13.1 Å². The van der Waals surface area contributed by atoms with Gasteiger partial charge in [-0.15, -0.1) is 0 Å². The van der Waals surface area contributed by atoms with Crippen molar-refractivity contribution in [3.63, 3.8) is 0 Å². The molecule has 0 bridgehead atoms. The molecular formula is C17H24N2O. The minimum absolute atomic E-state index is 0.209. The van der Waals surface area contributed by atoms with E-state index in [0.29, 0.717) is 18.3 Å². The Morgan fingerprint density at radius 3 is 2.85 bits per heavy atom. The van der Waals surface area contributed by atoms with Crippen molar-refractivity contribution in [2.45, 2.75) is 38.6 Å². The molecule has 2 atom stereocenters. The molecule has 2 aliphatic rings. The molecule has 0 spiro atoms. The highest BCUT2D eigenvalue weighted by Crippen LogP contribution is 2.35. The molecule has 2 N–H and O–H groups in total. The van der Waals surface area contributed by atoms with Gasteiger partial charge in [0, 0.05) is 6.42 Å². The summed E-state index contributed by atoms with van der Waals surface area (Å²) in [5, 5.41) is 6.62. The lowest BCUT2D eigenvalue weighted by Gasteiger charge is -2.24. The first kappa shape index (κ1) is 13.6. The lowest BCUT2D eigenvalue weighted by atomic mass is 9.93. The molecule has 1 saturated heterocycles. The van der Waals surface area contributed by atoms with E-state index in [1.54, 1.807) is 0 Å². The molecule has 0 saturated carbocycles. The first-order chi connectivity index (χ1) is 9.74. The van der Waals surface area contributed by atoms with Gasteiger partial charge in [-0.25, -0.2) is 0 Å². The van der Waals surface area contributed by atoms with Crippen molar-refractivity contribution in [3.8, 4) is 0 Å². The summed E-state index contributed by atoms with van der Waals surface area (Å²) in [5.74, 6) is 1.29. The van der Waals surface area contributed by atoms with E-state index in [0.717, 1.165) is 32.4 Å². The van der Waals surface area contributed by atoms with Crippen LogP contribution >= 0.6 is 0 Å². The first-order valence-corrected chi connectivity index (χ1v) is 7.82. The number of hydrogen-bond acceptors (Lipinski definition) is 2. The standard InChI is InChI=1S/C17H24N2O/c1-12-10-14-4-2-3-5-15(14)17(12)19-16(20)11-13-6-8-18-9-7-13/h2-5,12-13,17-18H,6-11H2,1H3,(H,19,20)/t12-,17-/m1/s1. The molecule has 3 heteroatoms. The van der Waals surface area contributed by atoms with Crippen LogP contribution in [0.5, 0.6) is 0 Å². The van der Waals surface area contributed by atoms with E-state index in [2.05, 4.69) is 41.8 Å². The molecule has 1 aromatic rings. The number of rotatable bonds is 3. The van der Waals surface area contributed by atoms with Gasteiger partial charge in [0.2, 0.25) is 5.91 Å². The van der Waals surface area contributed by atoms with Crippen LogP contribution in [0, 0.1) is 11.8 Å². The summed E-state index contributed by atoms with van der Waals surface area (Å²) < 4.78 is 0. The Morgan fingerprint density at radius 2 is 2.05 bits per heavy atom. The highest BCUT2D eigenvalue weighted by atomic mass is 16.1. The second kappa shape index (κ2) is 5.96. The maximum Gasteiger partial charge on any atom is 0.220 e. The van der Waals surface area contributed by atoms with Gasteiger partial charge in [0.05, 0.1) is 6.04 Å². The normalized spacial score (nSPS) is 26.2. The van der Waals surface area contributed by atoms with Crippen LogP contribution in [0.15, 0.2) is 24.3 Å². The molecule has 1 fully saturated rings. The number of carbonyl (C=O) groups excluding carboxylic acids is 1. The fraction of sp³-hybridized carbons (Fsp3) is 0.588. The van der Waals surface area contributed by atoms with Crippen LogP contribution in [0.2, 0.25) is 0 Å². The summed E-state index contributed by atoms with van der Waals surface area (Å²) in [7, 11) is 0. The highest BCUT2D eigenvalue weighted by Gasteiger charge is 2.30. The van der Waals surface area contributed by atoms with Crippen LogP contribution < -0.4 is 10.6 Å². The zero-order valence-electron chi connectivity index (χ0n) is 12.2. The van der Waals surface area contributed by atoms with Gasteiger partial charge in [0.1, 0.15) is 0 Å². The Labute approximate surface area is 121 Å². The number of hydrogen-bond donors (Lipinski definition) is 2. The molecule has 1 heterocycles. The number of fused-ring (bicyclic) bond motifs is 1. The van der Waals surface area contributed by atoms with Crippen LogP contribution in [-0.2, 0) is 11.2 Å². The summed E-state index contributed by atoms with van der Waals surface area (Å²) in [5.41, 5.74) is 2.71. The second-order valence-electron chi connectivity index (χ2n) is 6.32. The largest absolute Gasteiger partial charge is 0.349 e. The van der Waals surface area contributed by atoms with Crippen molar-refractivity contribution in [1.29, 1.82) is 0 Å². The van der Waals surface area contributed by atoms with Crippen molar-refractivity contribution < 1.29 is 4.79 Å². The summed E-state index contributed by atoms with van der Waals surface area (Å²) in [6.45, 7) is 4.34. The Morgan fingerprint density at radius 1 is 1.30 bits per heavy atom. The van der Waals surface area contributed by atoms with Gasteiger partial charge in [-0.3, -0.25) is 4.79 Å². The number of amides is 1. The molecule has 20 heavy (non-hydrogen) atoms. The van der Waals surface area contributed by atoms with Gasteiger partial charge in [-0.05, 0) is 55.3 Å². The van der Waals surface area contributed by atoms with E-state index >= 15 is 0 Å². The molecule has 3 nitrogen and oxygen atoms in total. The predicted molar refractivity (Wildman–Crippen MR) is 80.4 cm³/mol. The fourth-order valence-electron chi connectivity index (χ4n) is 3.60. The lowest BCUT2D eigenvalue weighted by Crippen LogP contribution is -2.34. The van der Waals surface area contributed by atoms with E-state index in [-0.39, 0.29) is 11.9 Å². The third-order valence-electron chi connectivity index (χ3n) is 4.75. The molecule has 0 radical (unpaired) electrons. The zero-order chi connectivity index (χ0) is 13.9. The van der Waals surface area contributed by atoms with Crippen LogP contribution in [0.1, 0.15) is 43.4 Å². The number of piperidine rings is 1. The van der Waals surface area contributed by atoms with Gasteiger partial charge in [-0.2, -0.15) is 0 Å². The Hall–Kier alpha value is -1.35. The third-order valence-corrected chi connectivity index (χ3v) is 4.75. The molecule has 1 amide bonds. The number of benzene rings is 1. The monoisotopic (exact) mass is 272 g/mol. The summed E-state index contributed by atoms with van der Waals surface area (Å²) in [4.78, 5) is 12.3.